The molecule has 1 aromatic heterocycles. The first-order valence-corrected chi connectivity index (χ1v) is 8.00. The number of methoxy groups -OCH3 is 1. The minimum Gasteiger partial charge on any atom is -0.491 e. The van der Waals surface area contributed by atoms with Crippen molar-refractivity contribution in [1.29, 1.82) is 0 Å². The zero-order valence-corrected chi connectivity index (χ0v) is 14.4. The first-order chi connectivity index (χ1) is 13.1. The average molecular weight is 372 g/mol. The molecule has 8 nitrogen and oxygen atoms in total. The lowest BCUT2D eigenvalue weighted by Gasteiger charge is -2.11. The van der Waals surface area contributed by atoms with Gasteiger partial charge in [0.2, 0.25) is 0 Å². The Hall–Kier alpha value is -3.46. The Morgan fingerprint density at radius 3 is 2.59 bits per heavy atom. The summed E-state index contributed by atoms with van der Waals surface area (Å²) < 4.78 is 25.0. The minimum absolute atomic E-state index is 0.226. The molecule has 0 fully saturated rings. The van der Waals surface area contributed by atoms with Gasteiger partial charge in [-0.25, -0.2) is 19.2 Å². The van der Waals surface area contributed by atoms with Gasteiger partial charge in [0, 0.05) is 30.6 Å². The van der Waals surface area contributed by atoms with Crippen molar-refractivity contribution in [1.82, 2.24) is 9.97 Å². The molecule has 9 heteroatoms. The summed E-state index contributed by atoms with van der Waals surface area (Å²) in [5, 5.41) is 14.2. The highest BCUT2D eigenvalue weighted by Crippen LogP contribution is 2.29. The Kier molecular flexibility index (Phi) is 5.62. The minimum atomic E-state index is -1.15. The number of rotatable bonds is 7. The number of nitrogens with zero attached hydrogens (tertiary/aromatic N) is 2. The van der Waals surface area contributed by atoms with Crippen LogP contribution in [-0.4, -0.2) is 41.5 Å². The van der Waals surface area contributed by atoms with E-state index in [4.69, 9.17) is 14.6 Å². The highest BCUT2D eigenvalue weighted by atomic mass is 19.1. The second-order valence-corrected chi connectivity index (χ2v) is 5.50. The molecule has 3 N–H and O–H groups in total. The Labute approximate surface area is 154 Å². The molecule has 0 radical (unpaired) electrons. The molecule has 2 aromatic carbocycles. The van der Waals surface area contributed by atoms with Crippen LogP contribution in [0.4, 0.5) is 26.4 Å². The Bertz CT molecular complexity index is 950. The van der Waals surface area contributed by atoms with E-state index >= 15 is 0 Å². The molecule has 140 valence electrons. The van der Waals surface area contributed by atoms with E-state index in [1.54, 1.807) is 37.4 Å². The SMILES string of the molecule is COCCOc1cc(F)c2c(Nc3ccc(NC(=O)O)cc3)ncnc2c1. The molecule has 0 unspecified atom stereocenters. The van der Waals surface area contributed by atoms with Crippen molar-refractivity contribution in [2.45, 2.75) is 0 Å². The van der Waals surface area contributed by atoms with Gasteiger partial charge < -0.3 is 19.9 Å². The van der Waals surface area contributed by atoms with Crippen molar-refractivity contribution in [2.24, 2.45) is 0 Å². The van der Waals surface area contributed by atoms with Gasteiger partial charge >= 0.3 is 6.09 Å². The smallest absolute Gasteiger partial charge is 0.409 e. The van der Waals surface area contributed by atoms with Gasteiger partial charge in [-0.15, -0.1) is 0 Å². The van der Waals surface area contributed by atoms with E-state index in [1.807, 2.05) is 0 Å². The quantitative estimate of drug-likeness (QED) is 0.544. The van der Waals surface area contributed by atoms with Crippen LogP contribution < -0.4 is 15.4 Å². The second kappa shape index (κ2) is 8.28. The predicted octanol–water partition coefficient (Wildman–Crippen LogP) is 3.63. The highest BCUT2D eigenvalue weighted by molar-refractivity contribution is 5.92. The molecule has 1 heterocycles. The van der Waals surface area contributed by atoms with Crippen LogP contribution in [0.3, 0.4) is 0 Å². The number of hydrogen-bond donors (Lipinski definition) is 3. The van der Waals surface area contributed by atoms with Gasteiger partial charge in [-0.3, -0.25) is 5.32 Å². The van der Waals surface area contributed by atoms with Crippen molar-refractivity contribution in [3.05, 3.63) is 48.5 Å². The van der Waals surface area contributed by atoms with Gasteiger partial charge in [-0.2, -0.15) is 0 Å². The summed E-state index contributed by atoms with van der Waals surface area (Å²) in [6.45, 7) is 0.692. The lowest BCUT2D eigenvalue weighted by atomic mass is 10.2. The van der Waals surface area contributed by atoms with Crippen LogP contribution in [0.15, 0.2) is 42.7 Å². The first kappa shape index (κ1) is 18.3. The van der Waals surface area contributed by atoms with Crippen molar-refractivity contribution in [3.63, 3.8) is 0 Å². The number of ether oxygens (including phenoxy) is 2. The van der Waals surface area contributed by atoms with E-state index in [0.29, 0.717) is 41.7 Å². The van der Waals surface area contributed by atoms with Crippen LogP contribution in [0.1, 0.15) is 0 Å². The van der Waals surface area contributed by atoms with Gasteiger partial charge in [0.05, 0.1) is 17.5 Å². The molecular weight excluding hydrogens is 355 g/mol. The van der Waals surface area contributed by atoms with Gasteiger partial charge in [-0.05, 0) is 24.3 Å². The summed E-state index contributed by atoms with van der Waals surface area (Å²) in [6.07, 6.45) is 0.173. The lowest BCUT2D eigenvalue weighted by molar-refractivity contribution is 0.146. The van der Waals surface area contributed by atoms with Gasteiger partial charge in [0.25, 0.3) is 0 Å². The number of fused-ring (bicyclic) bond motifs is 1. The molecule has 0 aliphatic carbocycles. The van der Waals surface area contributed by atoms with Gasteiger partial charge in [0.15, 0.2) is 0 Å². The summed E-state index contributed by atoms with van der Waals surface area (Å²) >= 11 is 0. The molecule has 3 aromatic rings. The molecule has 0 saturated carbocycles. The monoisotopic (exact) mass is 372 g/mol. The number of anilines is 3. The molecule has 1 amide bonds. The maximum atomic E-state index is 14.6. The second-order valence-electron chi connectivity index (χ2n) is 5.50. The van der Waals surface area contributed by atoms with E-state index in [0.717, 1.165) is 0 Å². The van der Waals surface area contributed by atoms with Crippen LogP contribution in [0, 0.1) is 5.82 Å². The number of nitrogens with one attached hydrogen (secondary N) is 2. The molecule has 27 heavy (non-hydrogen) atoms. The van der Waals surface area contributed by atoms with Crippen LogP contribution in [0.25, 0.3) is 10.9 Å². The molecule has 0 aliphatic heterocycles. The topological polar surface area (TPSA) is 106 Å². The third-order valence-electron chi connectivity index (χ3n) is 3.62. The Morgan fingerprint density at radius 1 is 1.15 bits per heavy atom. The van der Waals surface area contributed by atoms with Crippen LogP contribution in [0.2, 0.25) is 0 Å². The fourth-order valence-corrected chi connectivity index (χ4v) is 2.44. The van der Waals surface area contributed by atoms with Gasteiger partial charge in [0.1, 0.15) is 30.3 Å². The maximum absolute atomic E-state index is 14.6. The van der Waals surface area contributed by atoms with E-state index in [9.17, 15) is 9.18 Å². The number of aromatic nitrogens is 2. The molecular formula is C18H17FN4O4. The van der Waals surface area contributed by atoms with E-state index in [-0.39, 0.29) is 5.39 Å². The highest BCUT2D eigenvalue weighted by Gasteiger charge is 2.12. The predicted molar refractivity (Wildman–Crippen MR) is 98.2 cm³/mol. The third kappa shape index (κ3) is 4.59. The molecule has 0 bridgehead atoms. The summed E-state index contributed by atoms with van der Waals surface area (Å²) in [5.74, 6) is 0.123. The van der Waals surface area contributed by atoms with Crippen molar-refractivity contribution in [2.75, 3.05) is 31.0 Å². The van der Waals surface area contributed by atoms with Crippen molar-refractivity contribution >= 4 is 34.2 Å². The molecule has 0 aliphatic rings. The lowest BCUT2D eigenvalue weighted by Crippen LogP contribution is -2.07. The molecule has 0 atom stereocenters. The summed E-state index contributed by atoms with van der Waals surface area (Å²) in [7, 11) is 1.56. The summed E-state index contributed by atoms with van der Waals surface area (Å²) in [6, 6.07) is 9.36. The Balaban J connectivity index is 1.85. The van der Waals surface area contributed by atoms with Gasteiger partial charge in [-0.1, -0.05) is 0 Å². The largest absolute Gasteiger partial charge is 0.491 e. The number of halogens is 1. The number of carbonyl (C=O) groups is 1. The normalized spacial score (nSPS) is 10.6. The number of carboxylic acid groups (broad SMARTS) is 1. The average Bonchev–Trinajstić information content (AvgIpc) is 2.63. The van der Waals surface area contributed by atoms with E-state index in [2.05, 4.69) is 20.6 Å². The summed E-state index contributed by atoms with van der Waals surface area (Å²) in [4.78, 5) is 18.8. The standard InChI is InChI=1S/C18H17FN4O4/c1-26-6-7-27-13-8-14(19)16-15(9-13)20-10-21-17(16)22-11-2-4-12(5-3-11)23-18(24)25/h2-5,8-10,23H,6-7H2,1H3,(H,24,25)(H,20,21,22). The van der Waals surface area contributed by atoms with Crippen LogP contribution >= 0.6 is 0 Å². The van der Waals surface area contributed by atoms with Crippen LogP contribution in [0.5, 0.6) is 5.75 Å². The summed E-state index contributed by atoms with van der Waals surface area (Å²) in [5.41, 5.74) is 1.43. The number of hydrogen-bond acceptors (Lipinski definition) is 6. The zero-order valence-electron chi connectivity index (χ0n) is 14.4. The molecule has 0 saturated heterocycles. The van der Waals surface area contributed by atoms with E-state index < -0.39 is 11.9 Å². The van der Waals surface area contributed by atoms with E-state index in [1.165, 1.54) is 12.4 Å². The fraction of sp³-hybridized carbons (Fsp3) is 0.167. The van der Waals surface area contributed by atoms with Crippen molar-refractivity contribution < 1.29 is 23.8 Å². The molecule has 3 rings (SSSR count). The maximum Gasteiger partial charge on any atom is 0.409 e. The zero-order chi connectivity index (χ0) is 19.2. The fourth-order valence-electron chi connectivity index (χ4n) is 2.44. The Morgan fingerprint density at radius 2 is 1.89 bits per heavy atom. The van der Waals surface area contributed by atoms with Crippen LogP contribution in [-0.2, 0) is 4.74 Å². The molecule has 0 spiro atoms. The first-order valence-electron chi connectivity index (χ1n) is 8.00. The van der Waals surface area contributed by atoms with Crippen molar-refractivity contribution in [3.8, 4) is 5.75 Å². The third-order valence-corrected chi connectivity index (χ3v) is 3.62. The number of benzene rings is 2. The number of amides is 1.